The lowest BCUT2D eigenvalue weighted by atomic mass is 10.1. The fraction of sp³-hybridized carbons (Fsp3) is 0.538. The van der Waals surface area contributed by atoms with Crippen molar-refractivity contribution in [2.45, 2.75) is 31.8 Å². The molecule has 0 saturated carbocycles. The number of hydrogen-bond donors (Lipinski definition) is 0. The summed E-state index contributed by atoms with van der Waals surface area (Å²) in [7, 11) is -3.41. The van der Waals surface area contributed by atoms with E-state index in [9.17, 15) is 13.2 Å². The Morgan fingerprint density at radius 2 is 2.10 bits per heavy atom. The molecule has 0 N–H and O–H groups in total. The summed E-state index contributed by atoms with van der Waals surface area (Å²) < 4.78 is 26.1. The van der Waals surface area contributed by atoms with Crippen LogP contribution in [0, 0.1) is 0 Å². The van der Waals surface area contributed by atoms with Gasteiger partial charge in [-0.1, -0.05) is 0 Å². The lowest BCUT2D eigenvalue weighted by Crippen LogP contribution is -2.44. The standard InChI is InChI=1S/C13H17N3O3S/c17-11-15-13-3-1-2-9-16(13)20(18,19)10-6-12-4-7-14-8-5-12/h4-5,7-8,13H,1-3,6,9-10H2. The molecule has 1 aromatic heterocycles. The Morgan fingerprint density at radius 1 is 1.35 bits per heavy atom. The van der Waals surface area contributed by atoms with Crippen LogP contribution < -0.4 is 0 Å². The molecule has 1 aliphatic heterocycles. The molecule has 2 rings (SSSR count). The topological polar surface area (TPSA) is 79.7 Å². The second-order valence-electron chi connectivity index (χ2n) is 4.73. The Bertz CT molecular complexity index is 582. The molecule has 1 aliphatic rings. The monoisotopic (exact) mass is 295 g/mol. The summed E-state index contributed by atoms with van der Waals surface area (Å²) in [4.78, 5) is 17.9. The largest absolute Gasteiger partial charge is 0.265 e. The van der Waals surface area contributed by atoms with Crippen molar-refractivity contribution in [1.82, 2.24) is 9.29 Å². The number of piperidine rings is 1. The highest BCUT2D eigenvalue weighted by Crippen LogP contribution is 2.21. The summed E-state index contributed by atoms with van der Waals surface area (Å²) in [6, 6.07) is 3.60. The SMILES string of the molecule is O=C=NC1CCCCN1S(=O)(=O)CCc1ccncc1. The second-order valence-corrected chi connectivity index (χ2v) is 6.77. The Hall–Kier alpha value is -1.56. The molecule has 1 unspecified atom stereocenters. The summed E-state index contributed by atoms with van der Waals surface area (Å²) in [5, 5.41) is 0. The van der Waals surface area contributed by atoms with Gasteiger partial charge in [0.25, 0.3) is 0 Å². The van der Waals surface area contributed by atoms with E-state index >= 15 is 0 Å². The molecule has 1 saturated heterocycles. The highest BCUT2D eigenvalue weighted by atomic mass is 32.2. The molecule has 0 aliphatic carbocycles. The molecule has 0 aromatic carbocycles. The van der Waals surface area contributed by atoms with Gasteiger partial charge in [-0.05, 0) is 43.4 Å². The van der Waals surface area contributed by atoms with E-state index in [2.05, 4.69) is 9.98 Å². The first-order valence-electron chi connectivity index (χ1n) is 6.59. The Morgan fingerprint density at radius 3 is 2.80 bits per heavy atom. The van der Waals surface area contributed by atoms with Crippen LogP contribution in [0.2, 0.25) is 0 Å². The number of rotatable bonds is 5. The maximum atomic E-state index is 12.4. The molecule has 20 heavy (non-hydrogen) atoms. The fourth-order valence-electron chi connectivity index (χ4n) is 2.32. The summed E-state index contributed by atoms with van der Waals surface area (Å²) >= 11 is 0. The smallest absolute Gasteiger partial charge is 0.236 e. The van der Waals surface area contributed by atoms with Gasteiger partial charge < -0.3 is 0 Å². The van der Waals surface area contributed by atoms with Gasteiger partial charge in [-0.3, -0.25) is 4.98 Å². The van der Waals surface area contributed by atoms with Gasteiger partial charge in [0, 0.05) is 18.9 Å². The van der Waals surface area contributed by atoms with E-state index in [0.717, 1.165) is 18.4 Å². The normalized spacial score (nSPS) is 20.3. The zero-order valence-electron chi connectivity index (χ0n) is 11.1. The summed E-state index contributed by atoms with van der Waals surface area (Å²) in [6.07, 6.45) is 6.88. The number of sulfonamides is 1. The van der Waals surface area contributed by atoms with Crippen molar-refractivity contribution in [1.29, 1.82) is 0 Å². The predicted octanol–water partition coefficient (Wildman–Crippen LogP) is 1.10. The van der Waals surface area contributed by atoms with Crippen LogP contribution in [0.25, 0.3) is 0 Å². The van der Waals surface area contributed by atoms with Crippen molar-refractivity contribution in [3.05, 3.63) is 30.1 Å². The van der Waals surface area contributed by atoms with Crippen molar-refractivity contribution in [3.8, 4) is 0 Å². The maximum absolute atomic E-state index is 12.4. The minimum absolute atomic E-state index is 0.0158. The van der Waals surface area contributed by atoms with E-state index in [4.69, 9.17) is 0 Å². The molecule has 1 aromatic rings. The molecule has 0 bridgehead atoms. The first-order chi connectivity index (χ1) is 9.63. The number of pyridine rings is 1. The van der Waals surface area contributed by atoms with E-state index in [1.165, 1.54) is 10.4 Å². The first-order valence-corrected chi connectivity index (χ1v) is 8.20. The van der Waals surface area contributed by atoms with E-state index < -0.39 is 16.2 Å². The molecular weight excluding hydrogens is 278 g/mol. The molecule has 0 radical (unpaired) electrons. The van der Waals surface area contributed by atoms with Gasteiger partial charge in [0.2, 0.25) is 16.1 Å². The molecule has 0 spiro atoms. The quantitative estimate of drug-likeness (QED) is 0.602. The van der Waals surface area contributed by atoms with Gasteiger partial charge in [-0.2, -0.15) is 9.30 Å². The van der Waals surface area contributed by atoms with Gasteiger partial charge >= 0.3 is 0 Å². The van der Waals surface area contributed by atoms with Gasteiger partial charge in [0.1, 0.15) is 6.17 Å². The molecule has 1 fully saturated rings. The maximum Gasteiger partial charge on any atom is 0.236 e. The van der Waals surface area contributed by atoms with Crippen molar-refractivity contribution in [3.63, 3.8) is 0 Å². The van der Waals surface area contributed by atoms with Crippen LogP contribution in [0.5, 0.6) is 0 Å². The van der Waals surface area contributed by atoms with Gasteiger partial charge in [-0.15, -0.1) is 0 Å². The molecule has 2 heterocycles. The highest BCUT2D eigenvalue weighted by molar-refractivity contribution is 7.89. The molecule has 6 nitrogen and oxygen atoms in total. The lowest BCUT2D eigenvalue weighted by Gasteiger charge is -2.31. The van der Waals surface area contributed by atoms with Crippen LogP contribution in [0.1, 0.15) is 24.8 Å². The summed E-state index contributed by atoms with van der Waals surface area (Å²) in [5.41, 5.74) is 0.927. The third-order valence-corrected chi connectivity index (χ3v) is 5.24. The Balaban J connectivity index is 2.06. The van der Waals surface area contributed by atoms with E-state index in [-0.39, 0.29) is 5.75 Å². The number of aromatic nitrogens is 1. The zero-order valence-corrected chi connectivity index (χ0v) is 11.9. The van der Waals surface area contributed by atoms with E-state index in [1.807, 2.05) is 0 Å². The van der Waals surface area contributed by atoms with Crippen LogP contribution >= 0.6 is 0 Å². The van der Waals surface area contributed by atoms with Crippen molar-refractivity contribution < 1.29 is 13.2 Å². The fourth-order valence-corrected chi connectivity index (χ4v) is 3.97. The van der Waals surface area contributed by atoms with Crippen molar-refractivity contribution >= 4 is 16.1 Å². The number of carbonyl (C=O) groups excluding carboxylic acids is 1. The number of isocyanates is 1. The predicted molar refractivity (Wildman–Crippen MR) is 74.2 cm³/mol. The molecule has 1 atom stereocenters. The highest BCUT2D eigenvalue weighted by Gasteiger charge is 2.31. The first kappa shape index (κ1) is 14.8. The van der Waals surface area contributed by atoms with Crippen LogP contribution in [0.3, 0.4) is 0 Å². The third-order valence-electron chi connectivity index (χ3n) is 3.38. The summed E-state index contributed by atoms with van der Waals surface area (Å²) in [6.45, 7) is 0.425. The second kappa shape index (κ2) is 6.74. The van der Waals surface area contributed by atoms with Crippen molar-refractivity contribution in [2.75, 3.05) is 12.3 Å². The Kier molecular flexibility index (Phi) is 5.00. The van der Waals surface area contributed by atoms with Gasteiger partial charge in [0.05, 0.1) is 5.75 Å². The number of nitrogens with zero attached hydrogens (tertiary/aromatic N) is 3. The number of aryl methyl sites for hydroxylation is 1. The average Bonchev–Trinajstić information content (AvgIpc) is 2.47. The number of aliphatic imine (C=N–C) groups is 1. The van der Waals surface area contributed by atoms with Crippen LogP contribution in [0.4, 0.5) is 0 Å². The van der Waals surface area contributed by atoms with Crippen LogP contribution in [-0.4, -0.2) is 42.3 Å². The van der Waals surface area contributed by atoms with E-state index in [0.29, 0.717) is 19.4 Å². The van der Waals surface area contributed by atoms with Crippen LogP contribution in [0.15, 0.2) is 29.5 Å². The van der Waals surface area contributed by atoms with Crippen molar-refractivity contribution in [2.24, 2.45) is 4.99 Å². The van der Waals surface area contributed by atoms with Crippen LogP contribution in [-0.2, 0) is 21.2 Å². The van der Waals surface area contributed by atoms with E-state index in [1.54, 1.807) is 24.5 Å². The van der Waals surface area contributed by atoms with Gasteiger partial charge in [-0.25, -0.2) is 13.2 Å². The minimum Gasteiger partial charge on any atom is -0.265 e. The molecular formula is C13H17N3O3S. The lowest BCUT2D eigenvalue weighted by molar-refractivity contribution is 0.259. The van der Waals surface area contributed by atoms with Gasteiger partial charge in [0.15, 0.2) is 0 Å². The number of hydrogen-bond acceptors (Lipinski definition) is 5. The zero-order chi connectivity index (χ0) is 14.4. The molecule has 108 valence electrons. The molecule has 7 heteroatoms. The average molecular weight is 295 g/mol. The Labute approximate surface area is 118 Å². The summed E-state index contributed by atoms with van der Waals surface area (Å²) in [5.74, 6) is 0.0158. The minimum atomic E-state index is -3.41. The third kappa shape index (κ3) is 3.72. The molecule has 0 amide bonds.